The number of hydrogen-bond acceptors (Lipinski definition) is 2. The van der Waals surface area contributed by atoms with Crippen molar-refractivity contribution in [2.45, 2.75) is 73.3 Å². The second kappa shape index (κ2) is 8.97. The van der Waals surface area contributed by atoms with Crippen LogP contribution in [0.15, 0.2) is 34.9 Å². The zero-order valence-corrected chi connectivity index (χ0v) is 15.1. The number of esters is 1. The predicted molar refractivity (Wildman–Crippen MR) is 93.6 cm³/mol. The summed E-state index contributed by atoms with van der Waals surface area (Å²) < 4.78 is 5.85. The highest BCUT2D eigenvalue weighted by Crippen LogP contribution is 2.29. The topological polar surface area (TPSA) is 26.3 Å². The normalized spacial score (nSPS) is 29.3. The van der Waals surface area contributed by atoms with Crippen molar-refractivity contribution < 1.29 is 9.53 Å². The van der Waals surface area contributed by atoms with Gasteiger partial charge in [-0.15, -0.1) is 0 Å². The number of ether oxygens (including phenoxy) is 1. The largest absolute Gasteiger partial charge is 0.454 e. The first-order valence-electron chi connectivity index (χ1n) is 8.52. The highest BCUT2D eigenvalue weighted by Gasteiger charge is 2.27. The molecule has 2 nitrogen and oxygen atoms in total. The van der Waals surface area contributed by atoms with Crippen LogP contribution in [0.4, 0.5) is 0 Å². The van der Waals surface area contributed by atoms with Gasteiger partial charge in [0.15, 0.2) is 0 Å². The van der Waals surface area contributed by atoms with Gasteiger partial charge in [0, 0.05) is 11.5 Å². The van der Waals surface area contributed by atoms with E-state index in [2.05, 4.69) is 39.8 Å². The number of allylic oxidation sites excluding steroid dienone is 4. The molecule has 0 aliphatic heterocycles. The van der Waals surface area contributed by atoms with Crippen LogP contribution in [0.3, 0.4) is 0 Å². The third-order valence-corrected chi connectivity index (χ3v) is 4.63. The molecule has 0 unspecified atom stereocenters. The molecule has 1 aliphatic rings. The number of carbonyl (C=O) groups excluding carboxylic acids is 1. The molecule has 0 spiro atoms. The summed E-state index contributed by atoms with van der Waals surface area (Å²) in [7, 11) is 0. The lowest BCUT2D eigenvalue weighted by atomic mass is 9.83. The van der Waals surface area contributed by atoms with Crippen LogP contribution in [0.25, 0.3) is 0 Å². The van der Waals surface area contributed by atoms with Gasteiger partial charge in [0.2, 0.25) is 0 Å². The molecule has 0 saturated heterocycles. The fourth-order valence-electron chi connectivity index (χ4n) is 2.86. The highest BCUT2D eigenvalue weighted by molar-refractivity contribution is 5.87. The van der Waals surface area contributed by atoms with Gasteiger partial charge in [0.1, 0.15) is 6.10 Å². The fourth-order valence-corrected chi connectivity index (χ4v) is 2.86. The molecule has 0 N–H and O–H groups in total. The quantitative estimate of drug-likeness (QED) is 0.385. The lowest BCUT2D eigenvalue weighted by Gasteiger charge is -2.29. The first-order valence-corrected chi connectivity index (χ1v) is 8.52. The monoisotopic (exact) mass is 304 g/mol. The Kier molecular flexibility index (Phi) is 7.64. The Bertz CT molecular complexity index is 466. The zero-order valence-electron chi connectivity index (χ0n) is 15.1. The minimum Gasteiger partial charge on any atom is -0.454 e. The SMILES string of the molecule is C/C=C(\C)C(=O)O[C@H]1/C=C(/C)CC/C=C(\C)CC[C@H]1C(C)C. The van der Waals surface area contributed by atoms with E-state index in [-0.39, 0.29) is 12.1 Å². The zero-order chi connectivity index (χ0) is 16.7. The van der Waals surface area contributed by atoms with E-state index in [4.69, 9.17) is 4.74 Å². The Morgan fingerprint density at radius 1 is 1.27 bits per heavy atom. The Labute approximate surface area is 136 Å². The number of rotatable bonds is 3. The molecule has 1 aliphatic carbocycles. The van der Waals surface area contributed by atoms with Crippen LogP contribution in [-0.4, -0.2) is 12.1 Å². The maximum absolute atomic E-state index is 12.2. The van der Waals surface area contributed by atoms with Crippen molar-refractivity contribution in [3.8, 4) is 0 Å². The van der Waals surface area contributed by atoms with Crippen LogP contribution in [0, 0.1) is 11.8 Å². The van der Waals surface area contributed by atoms with E-state index < -0.39 is 0 Å². The lowest BCUT2D eigenvalue weighted by Crippen LogP contribution is -2.30. The second-order valence-corrected chi connectivity index (χ2v) is 6.89. The summed E-state index contributed by atoms with van der Waals surface area (Å²) in [5, 5.41) is 0. The van der Waals surface area contributed by atoms with Gasteiger partial charge in [-0.2, -0.15) is 0 Å². The van der Waals surface area contributed by atoms with E-state index in [0.717, 1.165) is 25.7 Å². The molecular formula is C20H32O2. The molecule has 0 aromatic carbocycles. The van der Waals surface area contributed by atoms with Crippen LogP contribution in [-0.2, 0) is 9.53 Å². The highest BCUT2D eigenvalue weighted by atomic mass is 16.5. The summed E-state index contributed by atoms with van der Waals surface area (Å²) >= 11 is 0. The maximum Gasteiger partial charge on any atom is 0.333 e. The average molecular weight is 304 g/mol. The van der Waals surface area contributed by atoms with Crippen molar-refractivity contribution >= 4 is 5.97 Å². The smallest absolute Gasteiger partial charge is 0.333 e. The standard InChI is InChI=1S/C20H32O2/c1-7-17(6)20(21)22-19-13-16(5)10-8-9-15(4)11-12-18(19)14(2)3/h7,9,13-14,18-19H,8,10-12H2,1-6H3/b15-9+,16-13-,17-7+/t18-,19-/m0/s1. The van der Waals surface area contributed by atoms with Crippen molar-refractivity contribution in [3.05, 3.63) is 34.9 Å². The van der Waals surface area contributed by atoms with Crippen molar-refractivity contribution in [1.82, 2.24) is 0 Å². The van der Waals surface area contributed by atoms with Crippen molar-refractivity contribution in [2.75, 3.05) is 0 Å². The second-order valence-electron chi connectivity index (χ2n) is 6.89. The molecule has 0 saturated carbocycles. The summed E-state index contributed by atoms with van der Waals surface area (Å²) in [6.07, 6.45) is 10.5. The Balaban J connectivity index is 3.03. The van der Waals surface area contributed by atoms with Gasteiger partial charge in [0.05, 0.1) is 0 Å². The third kappa shape index (κ3) is 5.82. The molecule has 0 bridgehead atoms. The summed E-state index contributed by atoms with van der Waals surface area (Å²) in [4.78, 5) is 12.2. The van der Waals surface area contributed by atoms with E-state index in [1.807, 2.05) is 19.9 Å². The summed E-state index contributed by atoms with van der Waals surface area (Å²) in [6, 6.07) is 0. The van der Waals surface area contributed by atoms with Crippen molar-refractivity contribution in [1.29, 1.82) is 0 Å². The van der Waals surface area contributed by atoms with E-state index in [0.29, 0.717) is 17.4 Å². The fraction of sp³-hybridized carbons (Fsp3) is 0.650. The maximum atomic E-state index is 12.2. The van der Waals surface area contributed by atoms with Gasteiger partial charge < -0.3 is 4.74 Å². The molecule has 0 radical (unpaired) electrons. The molecule has 0 amide bonds. The van der Waals surface area contributed by atoms with Gasteiger partial charge in [-0.3, -0.25) is 0 Å². The van der Waals surface area contributed by atoms with Gasteiger partial charge in [-0.05, 0) is 65.4 Å². The van der Waals surface area contributed by atoms with Gasteiger partial charge in [0.25, 0.3) is 0 Å². The van der Waals surface area contributed by atoms with E-state index in [1.165, 1.54) is 11.1 Å². The first-order chi connectivity index (χ1) is 10.3. The molecule has 0 aromatic heterocycles. The molecular weight excluding hydrogens is 272 g/mol. The molecule has 2 atom stereocenters. The molecule has 0 aromatic rings. The molecule has 2 heteroatoms. The van der Waals surface area contributed by atoms with E-state index >= 15 is 0 Å². The average Bonchev–Trinajstić information content (AvgIpc) is 2.45. The van der Waals surface area contributed by atoms with E-state index in [9.17, 15) is 4.79 Å². The lowest BCUT2D eigenvalue weighted by molar-refractivity contribution is -0.145. The first kappa shape index (κ1) is 18.7. The van der Waals surface area contributed by atoms with Crippen molar-refractivity contribution in [3.63, 3.8) is 0 Å². The Morgan fingerprint density at radius 3 is 2.55 bits per heavy atom. The number of carbonyl (C=O) groups is 1. The van der Waals surface area contributed by atoms with Gasteiger partial charge in [-0.25, -0.2) is 4.79 Å². The summed E-state index contributed by atoms with van der Waals surface area (Å²) in [5.74, 6) is 0.663. The van der Waals surface area contributed by atoms with Crippen LogP contribution in [0.2, 0.25) is 0 Å². The van der Waals surface area contributed by atoms with Crippen LogP contribution >= 0.6 is 0 Å². The minimum atomic E-state index is -0.188. The van der Waals surface area contributed by atoms with Crippen LogP contribution < -0.4 is 0 Å². The van der Waals surface area contributed by atoms with E-state index in [1.54, 1.807) is 0 Å². The summed E-state index contributed by atoms with van der Waals surface area (Å²) in [5.41, 5.74) is 3.45. The van der Waals surface area contributed by atoms with Crippen LogP contribution in [0.5, 0.6) is 0 Å². The molecule has 124 valence electrons. The Hall–Kier alpha value is -1.31. The van der Waals surface area contributed by atoms with Gasteiger partial charge in [-0.1, -0.05) is 37.1 Å². The predicted octanol–water partition coefficient (Wildman–Crippen LogP) is 5.60. The molecule has 0 heterocycles. The Morgan fingerprint density at radius 2 is 1.95 bits per heavy atom. The van der Waals surface area contributed by atoms with Gasteiger partial charge >= 0.3 is 5.97 Å². The molecule has 1 rings (SSSR count). The molecule has 22 heavy (non-hydrogen) atoms. The van der Waals surface area contributed by atoms with Crippen molar-refractivity contribution in [2.24, 2.45) is 11.8 Å². The molecule has 0 fully saturated rings. The minimum absolute atomic E-state index is 0.117. The summed E-state index contributed by atoms with van der Waals surface area (Å²) in [6.45, 7) is 12.5. The number of hydrogen-bond donors (Lipinski definition) is 0. The third-order valence-electron chi connectivity index (χ3n) is 4.63. The van der Waals surface area contributed by atoms with Crippen LogP contribution in [0.1, 0.15) is 67.2 Å².